The molecule has 1 aromatic carbocycles. The molecule has 178 valence electrons. The lowest BCUT2D eigenvalue weighted by Gasteiger charge is -2.33. The first kappa shape index (κ1) is 24.7. The molecule has 33 heavy (non-hydrogen) atoms. The van der Waals surface area contributed by atoms with Crippen LogP contribution in [0.15, 0.2) is 42.5 Å². The van der Waals surface area contributed by atoms with E-state index in [4.69, 9.17) is 0 Å². The van der Waals surface area contributed by atoms with Crippen molar-refractivity contribution in [1.82, 2.24) is 15.2 Å². The molecule has 0 saturated carbocycles. The van der Waals surface area contributed by atoms with Gasteiger partial charge in [0.05, 0.1) is 5.69 Å². The number of likely N-dealkylation sites (tertiary alicyclic amines) is 1. The highest BCUT2D eigenvalue weighted by Gasteiger charge is 2.33. The molecule has 3 rings (SSSR count). The minimum atomic E-state index is -4.59. The Kier molecular flexibility index (Phi) is 7.41. The van der Waals surface area contributed by atoms with Crippen LogP contribution < -0.4 is 10.2 Å². The van der Waals surface area contributed by atoms with Crippen molar-refractivity contribution in [2.75, 3.05) is 18.0 Å². The van der Waals surface area contributed by atoms with Gasteiger partial charge in [0, 0.05) is 18.0 Å². The van der Waals surface area contributed by atoms with E-state index in [1.807, 2.05) is 26.8 Å². The average Bonchev–Trinajstić information content (AvgIpc) is 2.73. The van der Waals surface area contributed by atoms with Gasteiger partial charge in [-0.1, -0.05) is 18.2 Å². The predicted molar refractivity (Wildman–Crippen MR) is 120 cm³/mol. The number of rotatable bonds is 6. The second kappa shape index (κ2) is 9.91. The third-order valence-electron chi connectivity index (χ3n) is 5.43. The smallest absolute Gasteiger partial charge is 0.351 e. The summed E-state index contributed by atoms with van der Waals surface area (Å²) in [4.78, 5) is 31.1. The van der Waals surface area contributed by atoms with Gasteiger partial charge in [-0.2, -0.15) is 13.2 Å². The van der Waals surface area contributed by atoms with E-state index in [2.05, 4.69) is 15.2 Å². The van der Waals surface area contributed by atoms with Crippen molar-refractivity contribution in [2.24, 2.45) is 5.92 Å². The summed E-state index contributed by atoms with van der Waals surface area (Å²) in [5, 5.41) is 3.04. The largest absolute Gasteiger partial charge is 0.433 e. The first-order chi connectivity index (χ1) is 15.5. The normalized spacial score (nSPS) is 15.8. The van der Waals surface area contributed by atoms with Crippen LogP contribution in [-0.2, 0) is 22.3 Å². The molecule has 0 atom stereocenters. The fraction of sp³-hybridized carbons (Fsp3) is 0.458. The number of hydrogen-bond donors (Lipinski definition) is 1. The second-order valence-corrected chi connectivity index (χ2v) is 9.31. The summed E-state index contributed by atoms with van der Waals surface area (Å²) in [6.45, 7) is 8.03. The molecule has 1 aromatic heterocycles. The Labute approximate surface area is 191 Å². The number of hydrogen-bond acceptors (Lipinski definition) is 4. The monoisotopic (exact) mass is 462 g/mol. The van der Waals surface area contributed by atoms with Crippen molar-refractivity contribution in [3.8, 4) is 0 Å². The van der Waals surface area contributed by atoms with E-state index in [0.717, 1.165) is 42.5 Å². The molecular weight excluding hydrogens is 433 g/mol. The number of carbonyl (C=O) groups excluding carboxylic acids is 2. The SMILES string of the molecule is CC(C)(C)NC(=O)C1CCN(Cc2cccc(N(C=O)c3cccc(C(F)(F)F)n3)c2)CC1. The van der Waals surface area contributed by atoms with Crippen LogP contribution in [-0.4, -0.2) is 40.8 Å². The molecule has 1 aliphatic heterocycles. The summed E-state index contributed by atoms with van der Waals surface area (Å²) in [5.74, 6) is -0.0219. The zero-order valence-electron chi connectivity index (χ0n) is 19.0. The molecule has 1 saturated heterocycles. The van der Waals surface area contributed by atoms with E-state index in [0.29, 0.717) is 18.6 Å². The van der Waals surface area contributed by atoms with Crippen LogP contribution in [0.2, 0.25) is 0 Å². The summed E-state index contributed by atoms with van der Waals surface area (Å²) in [5.41, 5.74) is 0.0483. The molecule has 0 unspecified atom stereocenters. The number of aromatic nitrogens is 1. The number of nitrogens with one attached hydrogen (secondary N) is 1. The lowest BCUT2D eigenvalue weighted by atomic mass is 9.94. The van der Waals surface area contributed by atoms with Crippen LogP contribution in [0, 0.1) is 5.92 Å². The quantitative estimate of drug-likeness (QED) is 0.641. The number of alkyl halides is 3. The molecule has 0 radical (unpaired) electrons. The zero-order valence-corrected chi connectivity index (χ0v) is 19.0. The van der Waals surface area contributed by atoms with Crippen molar-refractivity contribution in [1.29, 1.82) is 0 Å². The van der Waals surface area contributed by atoms with E-state index in [1.54, 1.807) is 18.2 Å². The molecule has 0 bridgehead atoms. The van der Waals surface area contributed by atoms with E-state index in [1.165, 1.54) is 12.1 Å². The summed E-state index contributed by atoms with van der Waals surface area (Å²) in [6.07, 6.45) is -2.62. The molecule has 0 aliphatic carbocycles. The average molecular weight is 463 g/mol. The Morgan fingerprint density at radius 1 is 1.15 bits per heavy atom. The van der Waals surface area contributed by atoms with Gasteiger partial charge in [0.15, 0.2) is 0 Å². The molecule has 1 N–H and O–H groups in total. The number of piperidine rings is 1. The molecular formula is C24H29F3N4O2. The van der Waals surface area contributed by atoms with Crippen LogP contribution in [0.3, 0.4) is 0 Å². The Balaban J connectivity index is 1.67. The van der Waals surface area contributed by atoms with E-state index < -0.39 is 11.9 Å². The number of pyridine rings is 1. The summed E-state index contributed by atoms with van der Waals surface area (Å²) >= 11 is 0. The van der Waals surface area contributed by atoms with Gasteiger partial charge < -0.3 is 5.32 Å². The fourth-order valence-corrected chi connectivity index (χ4v) is 3.85. The summed E-state index contributed by atoms with van der Waals surface area (Å²) in [6, 6.07) is 10.6. The summed E-state index contributed by atoms with van der Waals surface area (Å²) in [7, 11) is 0. The highest BCUT2D eigenvalue weighted by Crippen LogP contribution is 2.31. The highest BCUT2D eigenvalue weighted by atomic mass is 19.4. The zero-order chi connectivity index (χ0) is 24.2. The highest BCUT2D eigenvalue weighted by molar-refractivity contribution is 5.85. The Morgan fingerprint density at radius 3 is 2.42 bits per heavy atom. The van der Waals surface area contributed by atoms with Crippen molar-refractivity contribution >= 4 is 23.8 Å². The maximum Gasteiger partial charge on any atom is 0.433 e. The van der Waals surface area contributed by atoms with Crippen LogP contribution >= 0.6 is 0 Å². The standard InChI is InChI=1S/C24H29F3N4O2/c1-23(2,3)29-22(33)18-10-12-30(13-11-18)15-17-6-4-7-19(14-17)31(16-32)21-9-5-8-20(28-21)24(25,26)27/h4-9,14,16,18H,10-13,15H2,1-3H3,(H,29,33). The van der Waals surface area contributed by atoms with Crippen molar-refractivity contribution in [3.63, 3.8) is 0 Å². The van der Waals surface area contributed by atoms with Gasteiger partial charge in [0.1, 0.15) is 11.5 Å². The number of nitrogens with zero attached hydrogens (tertiary/aromatic N) is 3. The number of carbonyl (C=O) groups is 2. The van der Waals surface area contributed by atoms with Crippen molar-refractivity contribution in [3.05, 3.63) is 53.7 Å². The van der Waals surface area contributed by atoms with Crippen molar-refractivity contribution < 1.29 is 22.8 Å². The minimum absolute atomic E-state index is 0.00986. The predicted octanol–water partition coefficient (Wildman–Crippen LogP) is 4.52. The van der Waals surface area contributed by atoms with Crippen LogP contribution in [0.25, 0.3) is 0 Å². The molecule has 1 aliphatic rings. The molecule has 2 heterocycles. The maximum absolute atomic E-state index is 13.0. The lowest BCUT2D eigenvalue weighted by Crippen LogP contribution is -2.46. The Morgan fingerprint density at radius 2 is 1.82 bits per heavy atom. The first-order valence-electron chi connectivity index (χ1n) is 10.9. The maximum atomic E-state index is 13.0. The third-order valence-corrected chi connectivity index (χ3v) is 5.43. The van der Waals surface area contributed by atoms with E-state index in [-0.39, 0.29) is 23.2 Å². The van der Waals surface area contributed by atoms with Gasteiger partial charge in [-0.25, -0.2) is 4.98 Å². The number of anilines is 2. The van der Waals surface area contributed by atoms with Crippen LogP contribution in [0.1, 0.15) is 44.9 Å². The molecule has 2 aromatic rings. The summed E-state index contributed by atoms with van der Waals surface area (Å²) < 4.78 is 39.1. The van der Waals surface area contributed by atoms with Gasteiger partial charge >= 0.3 is 6.18 Å². The number of benzene rings is 1. The molecule has 0 spiro atoms. The molecule has 9 heteroatoms. The number of amides is 2. The fourth-order valence-electron chi connectivity index (χ4n) is 3.85. The number of halogens is 3. The minimum Gasteiger partial charge on any atom is -0.351 e. The lowest BCUT2D eigenvalue weighted by molar-refractivity contribution is -0.141. The second-order valence-electron chi connectivity index (χ2n) is 9.31. The van der Waals surface area contributed by atoms with Gasteiger partial charge in [-0.05, 0) is 76.5 Å². The topological polar surface area (TPSA) is 65.5 Å². The molecule has 2 amide bonds. The Hall–Kier alpha value is -2.94. The first-order valence-corrected chi connectivity index (χ1v) is 10.9. The van der Waals surface area contributed by atoms with Crippen LogP contribution in [0.4, 0.5) is 24.7 Å². The van der Waals surface area contributed by atoms with Gasteiger partial charge in [0.25, 0.3) is 0 Å². The van der Waals surface area contributed by atoms with Gasteiger partial charge in [-0.3, -0.25) is 19.4 Å². The van der Waals surface area contributed by atoms with E-state index >= 15 is 0 Å². The Bertz CT molecular complexity index is 980. The van der Waals surface area contributed by atoms with Crippen molar-refractivity contribution in [2.45, 2.75) is 51.9 Å². The van der Waals surface area contributed by atoms with Gasteiger partial charge in [0.2, 0.25) is 12.3 Å². The molecule has 6 nitrogen and oxygen atoms in total. The third kappa shape index (κ3) is 6.77. The van der Waals surface area contributed by atoms with E-state index in [9.17, 15) is 22.8 Å². The molecule has 1 fully saturated rings. The van der Waals surface area contributed by atoms with Crippen LogP contribution in [0.5, 0.6) is 0 Å². The van der Waals surface area contributed by atoms with Gasteiger partial charge in [-0.15, -0.1) is 0 Å².